The van der Waals surface area contributed by atoms with Crippen LogP contribution in [-0.2, 0) is 7.05 Å². The Bertz CT molecular complexity index is 1210. The molecule has 2 unspecified atom stereocenters. The van der Waals surface area contributed by atoms with Crippen molar-refractivity contribution < 1.29 is 4.79 Å². The maximum atomic E-state index is 13.1. The number of amides is 2. The monoisotopic (exact) mass is 447 g/mol. The van der Waals surface area contributed by atoms with Crippen molar-refractivity contribution in [2.24, 2.45) is 7.05 Å². The number of hydrogen-bond donors (Lipinski definition) is 1. The molecule has 7 heteroatoms. The number of carbonyl (C=O) groups excluding carboxylic acids is 1. The van der Waals surface area contributed by atoms with Crippen molar-refractivity contribution in [2.45, 2.75) is 46.2 Å². The van der Waals surface area contributed by atoms with Gasteiger partial charge in [-0.2, -0.15) is 0 Å². The van der Waals surface area contributed by atoms with Gasteiger partial charge in [-0.25, -0.2) is 9.78 Å². The quantitative estimate of drug-likeness (QED) is 0.649. The zero-order valence-corrected chi connectivity index (χ0v) is 20.1. The van der Waals surface area contributed by atoms with Gasteiger partial charge in [0, 0.05) is 38.4 Å². The van der Waals surface area contributed by atoms with Crippen LogP contribution in [0.1, 0.15) is 43.3 Å². The van der Waals surface area contributed by atoms with Crippen LogP contribution in [0.25, 0.3) is 10.9 Å². The van der Waals surface area contributed by atoms with E-state index in [-0.39, 0.29) is 23.7 Å². The SMILES string of the molecule is CCC(c1nc2ccccc2c(=O)n1C)N1CCN(C(=O)Nc2c(C)cccc2C)C(C)C1. The van der Waals surface area contributed by atoms with Crippen molar-refractivity contribution in [3.05, 3.63) is 69.8 Å². The number of nitrogens with zero attached hydrogens (tertiary/aromatic N) is 4. The van der Waals surface area contributed by atoms with Gasteiger partial charge in [0.25, 0.3) is 5.56 Å². The van der Waals surface area contributed by atoms with E-state index in [0.717, 1.165) is 47.7 Å². The Hall–Kier alpha value is -3.19. The second-order valence-electron chi connectivity index (χ2n) is 9.01. The molecule has 0 saturated carbocycles. The number of carbonyl (C=O) groups is 1. The van der Waals surface area contributed by atoms with Gasteiger partial charge in [0.15, 0.2) is 0 Å². The zero-order valence-electron chi connectivity index (χ0n) is 20.1. The van der Waals surface area contributed by atoms with Gasteiger partial charge in [0.2, 0.25) is 0 Å². The van der Waals surface area contributed by atoms with Crippen LogP contribution >= 0.6 is 0 Å². The lowest BCUT2D eigenvalue weighted by molar-refractivity contribution is 0.0721. The molecule has 2 atom stereocenters. The molecule has 0 bridgehead atoms. The van der Waals surface area contributed by atoms with E-state index in [1.165, 1.54) is 0 Å². The number of urea groups is 1. The molecule has 1 aliphatic rings. The van der Waals surface area contributed by atoms with E-state index in [4.69, 9.17) is 4.98 Å². The molecular weight excluding hydrogens is 414 g/mol. The Kier molecular flexibility index (Phi) is 6.51. The van der Waals surface area contributed by atoms with Crippen molar-refractivity contribution in [1.29, 1.82) is 0 Å². The minimum Gasteiger partial charge on any atom is -0.319 e. The summed E-state index contributed by atoms with van der Waals surface area (Å²) in [6.07, 6.45) is 0.833. The smallest absolute Gasteiger partial charge is 0.319 e. The summed E-state index contributed by atoms with van der Waals surface area (Å²) in [5.74, 6) is 0.779. The molecule has 4 rings (SSSR count). The number of rotatable bonds is 4. The standard InChI is InChI=1S/C26H33N5O2/c1-6-22(24-27-21-13-8-7-12-20(21)25(32)29(24)5)30-14-15-31(19(4)16-30)26(33)28-23-17(2)10-9-11-18(23)3/h7-13,19,22H,6,14-16H2,1-5H3,(H,28,33). The molecule has 0 radical (unpaired) electrons. The molecule has 1 aliphatic heterocycles. The normalized spacial score (nSPS) is 17.8. The van der Waals surface area contributed by atoms with Crippen LogP contribution in [-0.4, -0.2) is 51.1 Å². The lowest BCUT2D eigenvalue weighted by Gasteiger charge is -2.43. The van der Waals surface area contributed by atoms with Crippen LogP contribution in [0, 0.1) is 13.8 Å². The van der Waals surface area contributed by atoms with Crippen molar-refractivity contribution >= 4 is 22.6 Å². The molecule has 1 fully saturated rings. The predicted octanol–water partition coefficient (Wildman–Crippen LogP) is 4.24. The van der Waals surface area contributed by atoms with Gasteiger partial charge in [0.1, 0.15) is 5.82 Å². The van der Waals surface area contributed by atoms with E-state index < -0.39 is 0 Å². The maximum absolute atomic E-state index is 13.1. The van der Waals surface area contributed by atoms with Crippen molar-refractivity contribution in [3.8, 4) is 0 Å². The topological polar surface area (TPSA) is 70.5 Å². The van der Waals surface area contributed by atoms with E-state index in [0.29, 0.717) is 11.9 Å². The minimum absolute atomic E-state index is 0.0126. The summed E-state index contributed by atoms with van der Waals surface area (Å²) in [7, 11) is 1.80. The summed E-state index contributed by atoms with van der Waals surface area (Å²) in [6, 6.07) is 13.5. The van der Waals surface area contributed by atoms with Gasteiger partial charge >= 0.3 is 6.03 Å². The Balaban J connectivity index is 1.53. The molecule has 1 saturated heterocycles. The third-order valence-corrected chi connectivity index (χ3v) is 6.78. The second-order valence-corrected chi connectivity index (χ2v) is 9.01. The van der Waals surface area contributed by atoms with Crippen LogP contribution in [0.4, 0.5) is 10.5 Å². The van der Waals surface area contributed by atoms with Crippen LogP contribution in [0.5, 0.6) is 0 Å². The summed E-state index contributed by atoms with van der Waals surface area (Å²) >= 11 is 0. The van der Waals surface area contributed by atoms with Gasteiger partial charge in [-0.15, -0.1) is 0 Å². The summed E-state index contributed by atoms with van der Waals surface area (Å²) in [5.41, 5.74) is 3.72. The largest absolute Gasteiger partial charge is 0.322 e. The Morgan fingerprint density at radius 1 is 1.12 bits per heavy atom. The number of anilines is 1. The molecule has 1 N–H and O–H groups in total. The van der Waals surface area contributed by atoms with Crippen LogP contribution in [0.2, 0.25) is 0 Å². The summed E-state index contributed by atoms with van der Waals surface area (Å²) in [4.78, 5) is 35.1. The molecule has 174 valence electrons. The third kappa shape index (κ3) is 4.37. The van der Waals surface area contributed by atoms with Crippen molar-refractivity contribution in [3.63, 3.8) is 0 Å². The van der Waals surface area contributed by atoms with Crippen molar-refractivity contribution in [1.82, 2.24) is 19.4 Å². The van der Waals surface area contributed by atoms with Gasteiger partial charge in [0.05, 0.1) is 16.9 Å². The highest BCUT2D eigenvalue weighted by Crippen LogP contribution is 2.27. The van der Waals surface area contributed by atoms with Crippen LogP contribution < -0.4 is 10.9 Å². The molecular formula is C26H33N5O2. The molecule has 2 aromatic carbocycles. The molecule has 3 aromatic rings. The molecule has 1 aromatic heterocycles. The summed E-state index contributed by atoms with van der Waals surface area (Å²) < 4.78 is 1.68. The maximum Gasteiger partial charge on any atom is 0.322 e. The molecule has 33 heavy (non-hydrogen) atoms. The van der Waals surface area contributed by atoms with Gasteiger partial charge in [-0.05, 0) is 50.5 Å². The van der Waals surface area contributed by atoms with E-state index in [1.54, 1.807) is 11.6 Å². The highest BCUT2D eigenvalue weighted by molar-refractivity contribution is 5.91. The average molecular weight is 448 g/mol. The minimum atomic E-state index is -0.0659. The first kappa shape index (κ1) is 23.0. The first-order valence-corrected chi connectivity index (χ1v) is 11.6. The summed E-state index contributed by atoms with van der Waals surface area (Å²) in [6.45, 7) is 10.3. The predicted molar refractivity (Wildman–Crippen MR) is 133 cm³/mol. The highest BCUT2D eigenvalue weighted by Gasteiger charge is 2.33. The Labute approximate surface area is 195 Å². The van der Waals surface area contributed by atoms with Crippen molar-refractivity contribution in [2.75, 3.05) is 25.0 Å². The van der Waals surface area contributed by atoms with Crippen LogP contribution in [0.3, 0.4) is 0 Å². The van der Waals surface area contributed by atoms with E-state index in [1.807, 2.05) is 61.2 Å². The van der Waals surface area contributed by atoms with Gasteiger partial charge in [-0.1, -0.05) is 37.3 Å². The second kappa shape index (κ2) is 9.35. The fraction of sp³-hybridized carbons (Fsp3) is 0.423. The van der Waals surface area contributed by atoms with Gasteiger partial charge in [-0.3, -0.25) is 14.3 Å². The third-order valence-electron chi connectivity index (χ3n) is 6.78. The number of para-hydroxylation sites is 2. The number of benzene rings is 2. The summed E-state index contributed by atoms with van der Waals surface area (Å²) in [5, 5.41) is 3.75. The first-order valence-electron chi connectivity index (χ1n) is 11.6. The molecule has 2 heterocycles. The Morgan fingerprint density at radius 3 is 2.48 bits per heavy atom. The van der Waals surface area contributed by atoms with E-state index >= 15 is 0 Å². The Morgan fingerprint density at radius 2 is 1.82 bits per heavy atom. The number of aromatic nitrogens is 2. The fourth-order valence-electron chi connectivity index (χ4n) is 4.90. The van der Waals surface area contributed by atoms with E-state index in [9.17, 15) is 9.59 Å². The molecule has 7 nitrogen and oxygen atoms in total. The lowest BCUT2D eigenvalue weighted by atomic mass is 10.1. The first-order chi connectivity index (χ1) is 15.8. The molecule has 0 aliphatic carbocycles. The average Bonchev–Trinajstić information content (AvgIpc) is 2.80. The lowest BCUT2D eigenvalue weighted by Crippen LogP contribution is -2.56. The molecule has 2 amide bonds. The fourth-order valence-corrected chi connectivity index (χ4v) is 4.90. The number of hydrogen-bond acceptors (Lipinski definition) is 4. The number of nitrogens with one attached hydrogen (secondary N) is 1. The number of piperazine rings is 1. The van der Waals surface area contributed by atoms with Crippen LogP contribution in [0.15, 0.2) is 47.3 Å². The molecule has 0 spiro atoms. The number of fused-ring (bicyclic) bond motifs is 1. The zero-order chi connectivity index (χ0) is 23.7. The van der Waals surface area contributed by atoms with E-state index in [2.05, 4.69) is 24.1 Å². The number of aryl methyl sites for hydroxylation is 2. The van der Waals surface area contributed by atoms with Gasteiger partial charge < -0.3 is 10.2 Å². The highest BCUT2D eigenvalue weighted by atomic mass is 16.2.